The number of nitrogens with zero attached hydrogens (tertiary/aromatic N) is 3. The fourth-order valence-electron chi connectivity index (χ4n) is 2.48. The molecule has 0 unspecified atom stereocenters. The third-order valence-electron chi connectivity index (χ3n) is 3.40. The molecule has 3 aromatic rings. The number of para-hydroxylation sites is 1. The quantitative estimate of drug-likeness (QED) is 0.735. The molecule has 3 heterocycles. The predicted molar refractivity (Wildman–Crippen MR) is 76.0 cm³/mol. The largest absolute Gasteiger partial charge is 0.304 e. The van der Waals surface area contributed by atoms with E-state index in [1.54, 1.807) is 12.3 Å². The van der Waals surface area contributed by atoms with Gasteiger partial charge in [0.1, 0.15) is 18.0 Å². The Morgan fingerprint density at radius 2 is 2.15 bits per heavy atom. The molecule has 0 aliphatic carbocycles. The summed E-state index contributed by atoms with van der Waals surface area (Å²) in [6.07, 6.45) is 3.62. The normalized spacial score (nSPS) is 13.8. The molecular weight excluding hydrogens is 255 g/mol. The van der Waals surface area contributed by atoms with E-state index in [0.717, 1.165) is 22.4 Å². The van der Waals surface area contributed by atoms with Gasteiger partial charge in [-0.1, -0.05) is 12.1 Å². The van der Waals surface area contributed by atoms with Gasteiger partial charge in [-0.25, -0.2) is 4.39 Å². The van der Waals surface area contributed by atoms with Crippen LogP contribution in [0, 0.1) is 5.82 Å². The van der Waals surface area contributed by atoms with Crippen LogP contribution in [0.25, 0.3) is 10.9 Å². The van der Waals surface area contributed by atoms with Crippen LogP contribution in [0.4, 0.5) is 4.39 Å². The lowest BCUT2D eigenvalue weighted by Gasteiger charge is -2.18. The van der Waals surface area contributed by atoms with E-state index in [4.69, 9.17) is 0 Å². The third kappa shape index (κ3) is 1.60. The Morgan fingerprint density at radius 1 is 1.20 bits per heavy atom. The molecule has 1 N–H and O–H groups in total. The highest BCUT2D eigenvalue weighted by Crippen LogP contribution is 2.20. The molecule has 0 amide bonds. The zero-order valence-electron chi connectivity index (χ0n) is 10.5. The van der Waals surface area contributed by atoms with Gasteiger partial charge in [-0.05, 0) is 24.3 Å². The number of hydrogen-bond acceptors (Lipinski definition) is 3. The Morgan fingerprint density at radius 3 is 3.10 bits per heavy atom. The van der Waals surface area contributed by atoms with Gasteiger partial charge in [0.2, 0.25) is 0 Å². The number of aliphatic imine (C=N–C) groups is 1. The summed E-state index contributed by atoms with van der Waals surface area (Å²) >= 11 is 0. The molecule has 0 fully saturated rings. The molecule has 1 aliphatic heterocycles. The summed E-state index contributed by atoms with van der Waals surface area (Å²) < 4.78 is 15.6. The van der Waals surface area contributed by atoms with Crippen LogP contribution in [-0.4, -0.2) is 22.0 Å². The first kappa shape index (κ1) is 11.2. The number of aromatic nitrogens is 2. The van der Waals surface area contributed by atoms with Gasteiger partial charge in [-0.15, -0.1) is 0 Å². The van der Waals surface area contributed by atoms with Crippen molar-refractivity contribution < 1.29 is 4.39 Å². The van der Waals surface area contributed by atoms with Crippen LogP contribution < -0.4 is 5.43 Å². The lowest BCUT2D eigenvalue weighted by molar-refractivity contribution is 0.637. The highest BCUT2D eigenvalue weighted by molar-refractivity contribution is 6.13. The van der Waals surface area contributed by atoms with E-state index in [9.17, 15) is 4.39 Å². The van der Waals surface area contributed by atoms with Crippen LogP contribution in [0.5, 0.6) is 0 Å². The smallest absolute Gasteiger partial charge is 0.149 e. The fourth-order valence-corrected chi connectivity index (χ4v) is 2.48. The molecule has 0 saturated heterocycles. The first-order chi connectivity index (χ1) is 9.83. The van der Waals surface area contributed by atoms with Gasteiger partial charge in [-0.2, -0.15) is 0 Å². The second kappa shape index (κ2) is 4.16. The molecule has 2 aromatic heterocycles. The summed E-state index contributed by atoms with van der Waals surface area (Å²) in [4.78, 5) is 8.72. The van der Waals surface area contributed by atoms with Gasteiger partial charge < -0.3 is 5.43 Å². The molecule has 1 aromatic carbocycles. The molecule has 98 valence electrons. The molecule has 0 spiro atoms. The second-order valence-electron chi connectivity index (χ2n) is 4.62. The second-order valence-corrected chi connectivity index (χ2v) is 4.62. The molecule has 0 radical (unpaired) electrons. The molecule has 20 heavy (non-hydrogen) atoms. The third-order valence-corrected chi connectivity index (χ3v) is 3.40. The van der Waals surface area contributed by atoms with E-state index in [0.29, 0.717) is 12.2 Å². The van der Waals surface area contributed by atoms with Crippen molar-refractivity contribution in [2.24, 2.45) is 4.99 Å². The Kier molecular flexibility index (Phi) is 2.32. The van der Waals surface area contributed by atoms with Gasteiger partial charge >= 0.3 is 0 Å². The number of nitrogens with one attached hydrogen (secondary N) is 1. The minimum absolute atomic E-state index is 0.301. The maximum atomic E-state index is 13.6. The Balaban J connectivity index is 1.90. The Bertz CT molecular complexity index is 835. The summed E-state index contributed by atoms with van der Waals surface area (Å²) in [5, 5.41) is 0.779. The van der Waals surface area contributed by atoms with Crippen molar-refractivity contribution in [2.75, 3.05) is 12.1 Å². The summed E-state index contributed by atoms with van der Waals surface area (Å²) in [6.45, 7) is 0.512. The minimum Gasteiger partial charge on any atom is -0.304 e. The van der Waals surface area contributed by atoms with Crippen molar-refractivity contribution in [1.29, 1.82) is 0 Å². The highest BCUT2D eigenvalue weighted by atomic mass is 19.1. The number of fused-ring (bicyclic) bond motifs is 2. The molecule has 4 rings (SSSR count). The average molecular weight is 266 g/mol. The zero-order chi connectivity index (χ0) is 13.5. The van der Waals surface area contributed by atoms with Crippen molar-refractivity contribution in [1.82, 2.24) is 9.66 Å². The maximum Gasteiger partial charge on any atom is 0.149 e. The molecule has 0 saturated carbocycles. The minimum atomic E-state index is -0.301. The Hall–Kier alpha value is -2.69. The number of hydrogen-bond donors (Lipinski definition) is 1. The van der Waals surface area contributed by atoms with Crippen molar-refractivity contribution in [3.63, 3.8) is 0 Å². The van der Waals surface area contributed by atoms with Gasteiger partial charge in [-0.3, -0.25) is 14.7 Å². The molecular formula is C15H11FN4. The van der Waals surface area contributed by atoms with Gasteiger partial charge in [0.25, 0.3) is 0 Å². The van der Waals surface area contributed by atoms with Crippen molar-refractivity contribution >= 4 is 16.6 Å². The van der Waals surface area contributed by atoms with E-state index < -0.39 is 0 Å². The van der Waals surface area contributed by atoms with E-state index in [1.807, 2.05) is 35.1 Å². The van der Waals surface area contributed by atoms with Crippen LogP contribution in [-0.2, 0) is 0 Å². The van der Waals surface area contributed by atoms with Gasteiger partial charge in [0.05, 0.1) is 11.4 Å². The van der Waals surface area contributed by atoms with E-state index >= 15 is 0 Å². The lowest BCUT2D eigenvalue weighted by atomic mass is 10.1. The van der Waals surface area contributed by atoms with Crippen LogP contribution in [0.1, 0.15) is 11.3 Å². The molecule has 5 heteroatoms. The monoisotopic (exact) mass is 266 g/mol. The summed E-state index contributed by atoms with van der Waals surface area (Å²) in [6, 6.07) is 10.8. The molecule has 0 atom stereocenters. The Labute approximate surface area is 114 Å². The van der Waals surface area contributed by atoms with Crippen LogP contribution in [0.2, 0.25) is 0 Å². The molecule has 4 nitrogen and oxygen atoms in total. The first-order valence-corrected chi connectivity index (χ1v) is 6.33. The van der Waals surface area contributed by atoms with E-state index in [2.05, 4.69) is 15.4 Å². The number of benzene rings is 1. The van der Waals surface area contributed by atoms with Gasteiger partial charge in [0, 0.05) is 23.3 Å². The SMILES string of the molecule is Fc1cccc2cc(C3=NCNn4cccc43)cnc12. The van der Waals surface area contributed by atoms with E-state index in [-0.39, 0.29) is 5.82 Å². The first-order valence-electron chi connectivity index (χ1n) is 6.33. The predicted octanol–water partition coefficient (Wildman–Crippen LogP) is 2.53. The number of halogens is 1. The summed E-state index contributed by atoms with van der Waals surface area (Å²) in [5.74, 6) is -0.301. The fraction of sp³-hybridized carbons (Fsp3) is 0.0667. The molecule has 0 bridgehead atoms. The average Bonchev–Trinajstić information content (AvgIpc) is 2.95. The van der Waals surface area contributed by atoms with Crippen LogP contribution in [0.15, 0.2) is 53.8 Å². The van der Waals surface area contributed by atoms with Crippen LogP contribution in [0.3, 0.4) is 0 Å². The topological polar surface area (TPSA) is 42.2 Å². The van der Waals surface area contributed by atoms with Crippen molar-refractivity contribution in [2.45, 2.75) is 0 Å². The molecule has 1 aliphatic rings. The zero-order valence-corrected chi connectivity index (χ0v) is 10.5. The van der Waals surface area contributed by atoms with Crippen LogP contribution >= 0.6 is 0 Å². The van der Waals surface area contributed by atoms with E-state index in [1.165, 1.54) is 6.07 Å². The highest BCUT2D eigenvalue weighted by Gasteiger charge is 2.15. The van der Waals surface area contributed by atoms with Gasteiger partial charge in [0.15, 0.2) is 0 Å². The van der Waals surface area contributed by atoms with Crippen molar-refractivity contribution in [3.8, 4) is 0 Å². The lowest BCUT2D eigenvalue weighted by Crippen LogP contribution is -2.26. The number of pyridine rings is 1. The van der Waals surface area contributed by atoms with Crippen molar-refractivity contribution in [3.05, 3.63) is 65.9 Å². The summed E-state index contributed by atoms with van der Waals surface area (Å²) in [5.41, 5.74) is 6.27. The maximum absolute atomic E-state index is 13.6. The summed E-state index contributed by atoms with van der Waals surface area (Å²) in [7, 11) is 0. The standard InChI is InChI=1S/C15H11FN4/c16-12-4-1-3-10-7-11(8-17-14(10)12)15-13-5-2-6-20(13)19-9-18-15/h1-8,19H,9H2. The number of rotatable bonds is 1.